The van der Waals surface area contributed by atoms with Crippen LogP contribution in [0.15, 0.2) is 48.5 Å². The van der Waals surface area contributed by atoms with Gasteiger partial charge in [-0.15, -0.1) is 0 Å². The highest BCUT2D eigenvalue weighted by Crippen LogP contribution is 2.38. The summed E-state index contributed by atoms with van der Waals surface area (Å²) in [5, 5.41) is 0. The third-order valence-corrected chi connectivity index (χ3v) is 7.46. The number of methoxy groups -OCH3 is 1. The molecule has 4 rings (SSSR count). The Morgan fingerprint density at radius 1 is 0.921 bits per heavy atom. The highest BCUT2D eigenvalue weighted by molar-refractivity contribution is 5.81. The molecular weight excluding hydrogens is 482 g/mol. The Morgan fingerprint density at radius 2 is 1.58 bits per heavy atom. The minimum absolute atomic E-state index is 0.265. The van der Waals surface area contributed by atoms with Gasteiger partial charge >= 0.3 is 0 Å². The molecule has 1 fully saturated rings. The van der Waals surface area contributed by atoms with E-state index in [2.05, 4.69) is 30.9 Å². The largest absolute Gasteiger partial charge is 0.496 e. The zero-order chi connectivity index (χ0) is 27.2. The summed E-state index contributed by atoms with van der Waals surface area (Å²) < 4.78 is 40.3. The molecule has 3 aromatic carbocycles. The van der Waals surface area contributed by atoms with Crippen LogP contribution in [0, 0.1) is 19.7 Å². The zero-order valence-corrected chi connectivity index (χ0v) is 23.3. The van der Waals surface area contributed by atoms with Crippen LogP contribution in [0.1, 0.15) is 36.0 Å². The molecule has 0 unspecified atom stereocenters. The second kappa shape index (κ2) is 12.7. The van der Waals surface area contributed by atoms with Gasteiger partial charge in [0.05, 0.1) is 13.7 Å². The van der Waals surface area contributed by atoms with Crippen molar-refractivity contribution < 1.29 is 18.3 Å². The molecule has 1 aliphatic rings. The third-order valence-electron chi connectivity index (χ3n) is 7.46. The van der Waals surface area contributed by atoms with E-state index in [1.165, 1.54) is 0 Å². The number of nitrogens with zero attached hydrogens (tertiary/aromatic N) is 2. The molecule has 4 nitrogen and oxygen atoms in total. The lowest BCUT2D eigenvalue weighted by molar-refractivity contribution is 0.143. The first-order chi connectivity index (χ1) is 18.3. The molecule has 0 radical (unpaired) electrons. The fraction of sp³-hybridized carbons (Fsp3) is 0.438. The Balaban J connectivity index is 1.54. The van der Waals surface area contributed by atoms with E-state index < -0.39 is 6.17 Å². The maximum atomic E-state index is 15.2. The molecule has 0 spiro atoms. The van der Waals surface area contributed by atoms with Gasteiger partial charge in [0, 0.05) is 31.7 Å². The molecule has 0 aliphatic carbocycles. The van der Waals surface area contributed by atoms with Crippen molar-refractivity contribution in [2.45, 2.75) is 45.8 Å². The lowest BCUT2D eigenvalue weighted by Gasteiger charge is -2.28. The smallest absolute Gasteiger partial charge is 0.132 e. The number of piperidine rings is 1. The standard InChI is InChI=1S/C32H40F2N2O2/c1-22-26(24-19-30(34)29(21-35(3)4)32(20-24)37-5)9-6-10-27(22)28-11-7-12-31(23(28)2)38-18-8-15-36-16-13-25(33)14-17-36/h6-7,9-12,19-20,25H,8,13-18,21H2,1-5H3. The van der Waals surface area contributed by atoms with E-state index in [0.717, 1.165) is 65.2 Å². The summed E-state index contributed by atoms with van der Waals surface area (Å²) in [5.74, 6) is 1.16. The molecule has 0 N–H and O–H groups in total. The molecule has 3 aromatic rings. The van der Waals surface area contributed by atoms with Crippen molar-refractivity contribution in [1.82, 2.24) is 9.80 Å². The van der Waals surface area contributed by atoms with Crippen molar-refractivity contribution in [3.05, 3.63) is 71.0 Å². The number of ether oxygens (including phenoxy) is 2. The minimum atomic E-state index is -0.640. The molecular formula is C32H40F2N2O2. The molecule has 204 valence electrons. The Morgan fingerprint density at radius 3 is 2.26 bits per heavy atom. The number of hydrogen-bond donors (Lipinski definition) is 0. The fourth-order valence-electron chi connectivity index (χ4n) is 5.32. The number of halogens is 2. The number of rotatable bonds is 10. The molecule has 0 amide bonds. The van der Waals surface area contributed by atoms with Gasteiger partial charge in [0.25, 0.3) is 0 Å². The van der Waals surface area contributed by atoms with E-state index in [1.54, 1.807) is 13.2 Å². The van der Waals surface area contributed by atoms with Crippen LogP contribution >= 0.6 is 0 Å². The van der Waals surface area contributed by atoms with Crippen LogP contribution in [0.4, 0.5) is 8.78 Å². The van der Waals surface area contributed by atoms with Crippen molar-refractivity contribution in [3.63, 3.8) is 0 Å². The van der Waals surface area contributed by atoms with Gasteiger partial charge in [-0.1, -0.05) is 30.3 Å². The zero-order valence-electron chi connectivity index (χ0n) is 23.3. The average molecular weight is 523 g/mol. The van der Waals surface area contributed by atoms with Crippen LogP contribution in [-0.2, 0) is 6.54 Å². The van der Waals surface area contributed by atoms with Gasteiger partial charge < -0.3 is 19.3 Å². The molecule has 0 bridgehead atoms. The summed E-state index contributed by atoms with van der Waals surface area (Å²) in [6.45, 7) is 7.85. The Hall–Kier alpha value is -2.96. The van der Waals surface area contributed by atoms with Gasteiger partial charge in [0.15, 0.2) is 0 Å². The summed E-state index contributed by atoms with van der Waals surface area (Å²) in [5.41, 5.74) is 6.67. The second-order valence-corrected chi connectivity index (χ2v) is 10.5. The molecule has 1 heterocycles. The van der Waals surface area contributed by atoms with Crippen molar-refractivity contribution in [2.75, 3.05) is 47.4 Å². The number of alkyl halides is 1. The quantitative estimate of drug-likeness (QED) is 0.267. The van der Waals surface area contributed by atoms with Gasteiger partial charge in [0.1, 0.15) is 23.5 Å². The number of likely N-dealkylation sites (tertiary alicyclic amines) is 1. The SMILES string of the molecule is COc1cc(-c2cccc(-c3cccc(OCCCN4CCC(F)CC4)c3C)c2C)cc(F)c1CN(C)C. The third kappa shape index (κ3) is 6.54. The first kappa shape index (κ1) is 28.1. The normalized spacial score (nSPS) is 14.7. The van der Waals surface area contributed by atoms with Crippen LogP contribution in [0.2, 0.25) is 0 Å². The van der Waals surface area contributed by atoms with Gasteiger partial charge in [-0.25, -0.2) is 8.78 Å². The average Bonchev–Trinajstić information content (AvgIpc) is 2.89. The van der Waals surface area contributed by atoms with Gasteiger partial charge in [-0.2, -0.15) is 0 Å². The fourth-order valence-corrected chi connectivity index (χ4v) is 5.32. The van der Waals surface area contributed by atoms with E-state index in [0.29, 0.717) is 37.3 Å². The molecule has 1 aliphatic heterocycles. The molecule has 38 heavy (non-hydrogen) atoms. The molecule has 1 saturated heterocycles. The molecule has 6 heteroatoms. The summed E-state index contributed by atoms with van der Waals surface area (Å²) in [7, 11) is 5.41. The predicted octanol–water partition coefficient (Wildman–Crippen LogP) is 7.05. The maximum Gasteiger partial charge on any atom is 0.132 e. The Labute approximate surface area is 226 Å². The van der Waals surface area contributed by atoms with Crippen molar-refractivity contribution in [2.24, 2.45) is 0 Å². The van der Waals surface area contributed by atoms with E-state index in [1.807, 2.05) is 49.3 Å². The topological polar surface area (TPSA) is 24.9 Å². The highest BCUT2D eigenvalue weighted by Gasteiger charge is 2.19. The highest BCUT2D eigenvalue weighted by atomic mass is 19.1. The van der Waals surface area contributed by atoms with E-state index >= 15 is 4.39 Å². The van der Waals surface area contributed by atoms with Crippen molar-refractivity contribution >= 4 is 0 Å². The summed E-state index contributed by atoms with van der Waals surface area (Å²) in [6, 6.07) is 15.8. The first-order valence-corrected chi connectivity index (χ1v) is 13.5. The van der Waals surface area contributed by atoms with Crippen LogP contribution in [0.5, 0.6) is 11.5 Å². The van der Waals surface area contributed by atoms with Crippen LogP contribution in [0.3, 0.4) is 0 Å². The lowest BCUT2D eigenvalue weighted by atomic mass is 9.90. The summed E-state index contributed by atoms with van der Waals surface area (Å²) in [4.78, 5) is 4.25. The first-order valence-electron chi connectivity index (χ1n) is 13.5. The lowest BCUT2D eigenvalue weighted by Crippen LogP contribution is -2.35. The van der Waals surface area contributed by atoms with Crippen LogP contribution < -0.4 is 9.47 Å². The maximum absolute atomic E-state index is 15.2. The van der Waals surface area contributed by atoms with Gasteiger partial charge in [-0.3, -0.25) is 0 Å². The van der Waals surface area contributed by atoms with E-state index in [4.69, 9.17) is 9.47 Å². The van der Waals surface area contributed by atoms with Gasteiger partial charge in [0.2, 0.25) is 0 Å². The number of benzene rings is 3. The van der Waals surface area contributed by atoms with Crippen molar-refractivity contribution in [1.29, 1.82) is 0 Å². The van der Waals surface area contributed by atoms with Gasteiger partial charge in [-0.05, 0) is 98.8 Å². The monoisotopic (exact) mass is 522 g/mol. The second-order valence-electron chi connectivity index (χ2n) is 10.5. The van der Waals surface area contributed by atoms with Crippen LogP contribution in [-0.4, -0.2) is 63.4 Å². The van der Waals surface area contributed by atoms with Crippen molar-refractivity contribution in [3.8, 4) is 33.8 Å². The predicted molar refractivity (Wildman–Crippen MR) is 151 cm³/mol. The molecule has 0 saturated carbocycles. The van der Waals surface area contributed by atoms with E-state index in [-0.39, 0.29) is 5.82 Å². The number of hydrogen-bond acceptors (Lipinski definition) is 4. The molecule has 0 atom stereocenters. The summed E-state index contributed by atoms with van der Waals surface area (Å²) in [6.07, 6.45) is 1.55. The minimum Gasteiger partial charge on any atom is -0.496 e. The molecule has 0 aromatic heterocycles. The van der Waals surface area contributed by atoms with Crippen LogP contribution in [0.25, 0.3) is 22.3 Å². The summed E-state index contributed by atoms with van der Waals surface area (Å²) >= 11 is 0. The Bertz CT molecular complexity index is 1240. The van der Waals surface area contributed by atoms with E-state index in [9.17, 15) is 4.39 Å². The Kier molecular flexibility index (Phi) is 9.40.